The molecule has 6 rings (SSSR count). The van der Waals surface area contributed by atoms with E-state index in [0.717, 1.165) is 13.1 Å². The van der Waals surface area contributed by atoms with E-state index >= 15 is 0 Å². The zero-order chi connectivity index (χ0) is 30.1. The molecule has 0 aliphatic heterocycles. The van der Waals surface area contributed by atoms with Crippen molar-refractivity contribution in [3.05, 3.63) is 72.8 Å². The van der Waals surface area contributed by atoms with Crippen LogP contribution in [0.1, 0.15) is 117 Å². The first-order chi connectivity index (χ1) is 21.8. The molecule has 2 aromatic heterocycles. The number of benzene rings is 4. The van der Waals surface area contributed by atoms with Crippen molar-refractivity contribution in [2.45, 2.75) is 130 Å². The Bertz CT molecular complexity index is 1670. The van der Waals surface area contributed by atoms with Crippen LogP contribution in [0.3, 0.4) is 0 Å². The van der Waals surface area contributed by atoms with Gasteiger partial charge in [-0.25, -0.2) is 0 Å². The Morgan fingerprint density at radius 1 is 0.386 bits per heavy atom. The third-order valence-corrected chi connectivity index (χ3v) is 10.1. The lowest BCUT2D eigenvalue weighted by molar-refractivity contribution is 0.552. The van der Waals surface area contributed by atoms with Crippen molar-refractivity contribution >= 4 is 54.4 Å². The molecule has 4 aromatic carbocycles. The summed E-state index contributed by atoms with van der Waals surface area (Å²) in [6, 6.07) is 27.8. The summed E-state index contributed by atoms with van der Waals surface area (Å²) in [5.74, 6) is 0. The van der Waals surface area contributed by atoms with Crippen LogP contribution in [0.15, 0.2) is 72.8 Å². The van der Waals surface area contributed by atoms with E-state index in [1.807, 2.05) is 0 Å². The number of unbranched alkanes of at least 4 members (excludes halogenated alkanes) is 14. The molecule has 0 radical (unpaired) electrons. The van der Waals surface area contributed by atoms with Crippen molar-refractivity contribution in [1.29, 1.82) is 0 Å². The third kappa shape index (κ3) is 6.70. The fourth-order valence-corrected chi connectivity index (χ4v) is 7.60. The SMILES string of the molecule is CCCCCCCCCCn1c2cc3ccccc3cc2c2c1c1cc3ccccc3cc1n2CCCCCCCCCC. The van der Waals surface area contributed by atoms with Crippen LogP contribution in [-0.2, 0) is 13.1 Å². The summed E-state index contributed by atoms with van der Waals surface area (Å²) in [6.45, 7) is 6.80. The Balaban J connectivity index is 1.38. The third-order valence-electron chi connectivity index (χ3n) is 10.1. The van der Waals surface area contributed by atoms with Crippen LogP contribution in [0.4, 0.5) is 0 Å². The van der Waals surface area contributed by atoms with Crippen LogP contribution in [0.5, 0.6) is 0 Å². The Morgan fingerprint density at radius 2 is 0.705 bits per heavy atom. The maximum atomic E-state index is 2.70. The van der Waals surface area contributed by atoms with Crippen molar-refractivity contribution < 1.29 is 0 Å². The first-order valence-corrected chi connectivity index (χ1v) is 18.2. The van der Waals surface area contributed by atoms with Crippen molar-refractivity contribution in [3.63, 3.8) is 0 Å². The van der Waals surface area contributed by atoms with Crippen molar-refractivity contribution in [2.75, 3.05) is 0 Å². The zero-order valence-corrected chi connectivity index (χ0v) is 27.6. The molecule has 0 atom stereocenters. The lowest BCUT2D eigenvalue weighted by Crippen LogP contribution is -1.98. The number of aryl methyl sites for hydroxylation is 2. The average molecular weight is 587 g/mol. The molecule has 2 nitrogen and oxygen atoms in total. The summed E-state index contributed by atoms with van der Waals surface area (Å²) in [7, 11) is 0. The van der Waals surface area contributed by atoms with E-state index in [4.69, 9.17) is 0 Å². The van der Waals surface area contributed by atoms with Crippen LogP contribution < -0.4 is 0 Å². The molecule has 0 saturated heterocycles. The molecule has 2 heterocycles. The number of aromatic nitrogens is 2. The minimum atomic E-state index is 1.09. The molecule has 232 valence electrons. The number of hydrogen-bond acceptors (Lipinski definition) is 0. The summed E-state index contributed by atoms with van der Waals surface area (Å²) in [5.41, 5.74) is 5.74. The molecule has 44 heavy (non-hydrogen) atoms. The molecular weight excluding hydrogens is 532 g/mol. The molecule has 0 aliphatic rings. The van der Waals surface area contributed by atoms with Gasteiger partial charge in [-0.1, -0.05) is 152 Å². The predicted molar refractivity (Wildman–Crippen MR) is 195 cm³/mol. The summed E-state index contributed by atoms with van der Waals surface area (Å²) >= 11 is 0. The van der Waals surface area contributed by atoms with Gasteiger partial charge < -0.3 is 9.13 Å². The van der Waals surface area contributed by atoms with Gasteiger partial charge in [0.15, 0.2) is 0 Å². The van der Waals surface area contributed by atoms with Crippen molar-refractivity contribution in [3.8, 4) is 0 Å². The molecular formula is C42H54N2. The Morgan fingerprint density at radius 3 is 1.07 bits per heavy atom. The Kier molecular flexibility index (Phi) is 10.6. The normalized spacial score (nSPS) is 12.1. The van der Waals surface area contributed by atoms with E-state index in [1.54, 1.807) is 0 Å². The fraction of sp³-hybridized carbons (Fsp3) is 0.476. The lowest BCUT2D eigenvalue weighted by Gasteiger charge is -2.11. The monoisotopic (exact) mass is 586 g/mol. The summed E-state index contributed by atoms with van der Waals surface area (Å²) < 4.78 is 5.41. The first-order valence-electron chi connectivity index (χ1n) is 18.2. The molecule has 0 unspecified atom stereocenters. The van der Waals surface area contributed by atoms with Gasteiger partial charge in [0.1, 0.15) is 0 Å². The number of fused-ring (bicyclic) bond motifs is 7. The fourth-order valence-electron chi connectivity index (χ4n) is 7.60. The molecule has 0 fully saturated rings. The van der Waals surface area contributed by atoms with Crippen LogP contribution in [0.2, 0.25) is 0 Å². The minimum Gasteiger partial charge on any atom is -0.339 e. The van der Waals surface area contributed by atoms with Gasteiger partial charge in [0.2, 0.25) is 0 Å². The lowest BCUT2D eigenvalue weighted by atomic mass is 10.1. The van der Waals surface area contributed by atoms with Crippen LogP contribution >= 0.6 is 0 Å². The van der Waals surface area contributed by atoms with Crippen LogP contribution in [-0.4, -0.2) is 9.13 Å². The maximum absolute atomic E-state index is 2.70. The second-order valence-electron chi connectivity index (χ2n) is 13.4. The largest absolute Gasteiger partial charge is 0.339 e. The Labute approximate surface area is 265 Å². The second kappa shape index (κ2) is 15.2. The zero-order valence-electron chi connectivity index (χ0n) is 27.6. The van der Waals surface area contributed by atoms with Gasteiger partial charge in [-0.05, 0) is 58.7 Å². The van der Waals surface area contributed by atoms with E-state index < -0.39 is 0 Å². The highest BCUT2D eigenvalue weighted by Crippen LogP contribution is 2.40. The topological polar surface area (TPSA) is 9.86 Å². The highest BCUT2D eigenvalue weighted by molar-refractivity contribution is 6.21. The highest BCUT2D eigenvalue weighted by atomic mass is 15.1. The summed E-state index contributed by atoms with van der Waals surface area (Å²) in [4.78, 5) is 0. The summed E-state index contributed by atoms with van der Waals surface area (Å²) in [6.07, 6.45) is 21.7. The standard InChI is InChI=1S/C42H54N2/c1-3-5-7-9-11-13-15-21-27-43-39-31-35-25-19-17-23-33(35)29-37(39)42-41(43)38-30-34-24-18-20-26-36(34)32-40(38)44(42)28-22-16-14-12-10-8-6-4-2/h17-20,23-26,29-32H,3-16,21-22,27-28H2,1-2H3. The molecule has 0 saturated carbocycles. The van der Waals surface area contributed by atoms with E-state index in [9.17, 15) is 0 Å². The van der Waals surface area contributed by atoms with Gasteiger partial charge in [-0.2, -0.15) is 0 Å². The van der Waals surface area contributed by atoms with Crippen molar-refractivity contribution in [2.24, 2.45) is 0 Å². The molecule has 0 N–H and O–H groups in total. The first kappa shape index (κ1) is 30.8. The number of rotatable bonds is 18. The van der Waals surface area contributed by atoms with Gasteiger partial charge in [0, 0.05) is 23.9 Å². The Hall–Kier alpha value is -3.26. The van der Waals surface area contributed by atoms with Crippen molar-refractivity contribution in [1.82, 2.24) is 9.13 Å². The number of hydrogen-bond donors (Lipinski definition) is 0. The number of nitrogens with zero attached hydrogens (tertiary/aromatic N) is 2. The molecule has 2 heteroatoms. The molecule has 0 aliphatic carbocycles. The van der Waals surface area contributed by atoms with Gasteiger partial charge >= 0.3 is 0 Å². The second-order valence-corrected chi connectivity index (χ2v) is 13.4. The summed E-state index contributed by atoms with van der Waals surface area (Å²) in [5, 5.41) is 8.25. The molecule has 0 spiro atoms. The average Bonchev–Trinajstić information content (AvgIpc) is 3.52. The van der Waals surface area contributed by atoms with E-state index in [-0.39, 0.29) is 0 Å². The molecule has 0 bridgehead atoms. The minimum absolute atomic E-state index is 1.09. The molecule has 6 aromatic rings. The van der Waals surface area contributed by atoms with E-state index in [2.05, 4.69) is 95.8 Å². The predicted octanol–water partition coefficient (Wildman–Crippen LogP) is 13.3. The highest BCUT2D eigenvalue weighted by Gasteiger charge is 2.21. The van der Waals surface area contributed by atoms with Gasteiger partial charge in [0.25, 0.3) is 0 Å². The van der Waals surface area contributed by atoms with Gasteiger partial charge in [-0.3, -0.25) is 0 Å². The molecule has 0 amide bonds. The van der Waals surface area contributed by atoms with Gasteiger partial charge in [0.05, 0.1) is 22.1 Å². The van der Waals surface area contributed by atoms with Crippen LogP contribution in [0.25, 0.3) is 54.4 Å². The maximum Gasteiger partial charge on any atom is 0.0754 e. The van der Waals surface area contributed by atoms with E-state index in [1.165, 1.54) is 157 Å². The quantitative estimate of drug-likeness (QED) is 0.0887. The van der Waals surface area contributed by atoms with Crippen LogP contribution in [0, 0.1) is 0 Å². The van der Waals surface area contributed by atoms with E-state index in [0.29, 0.717) is 0 Å². The van der Waals surface area contributed by atoms with Gasteiger partial charge in [-0.15, -0.1) is 0 Å². The smallest absolute Gasteiger partial charge is 0.0754 e.